The minimum atomic E-state index is -0.709. The third-order valence-electron chi connectivity index (χ3n) is 4.96. The molecule has 2 aromatic heterocycles. The van der Waals surface area contributed by atoms with E-state index >= 15 is 0 Å². The summed E-state index contributed by atoms with van der Waals surface area (Å²) in [5.74, 6) is -1.80. The van der Waals surface area contributed by atoms with Gasteiger partial charge in [0.2, 0.25) is 0 Å². The number of carbonyl (C=O) groups excluding carboxylic acids is 2. The highest BCUT2D eigenvalue weighted by atomic mass is 19.1. The summed E-state index contributed by atoms with van der Waals surface area (Å²) in [6.45, 7) is -0.0983. The lowest BCUT2D eigenvalue weighted by atomic mass is 10.1. The van der Waals surface area contributed by atoms with Gasteiger partial charge in [-0.05, 0) is 36.4 Å². The van der Waals surface area contributed by atoms with Gasteiger partial charge in [0.15, 0.2) is 0 Å². The predicted molar refractivity (Wildman–Crippen MR) is 117 cm³/mol. The Kier molecular flexibility index (Phi) is 5.76. The Morgan fingerprint density at radius 2 is 1.78 bits per heavy atom. The van der Waals surface area contributed by atoms with E-state index in [0.717, 1.165) is 0 Å². The number of nitrogens with one attached hydrogen (secondary N) is 1. The van der Waals surface area contributed by atoms with E-state index in [9.17, 15) is 18.8 Å². The van der Waals surface area contributed by atoms with Gasteiger partial charge in [-0.3, -0.25) is 14.2 Å². The van der Waals surface area contributed by atoms with Gasteiger partial charge >= 0.3 is 5.97 Å². The summed E-state index contributed by atoms with van der Waals surface area (Å²) < 4.78 is 20.2. The van der Waals surface area contributed by atoms with Crippen molar-refractivity contribution in [2.45, 2.75) is 6.54 Å². The van der Waals surface area contributed by atoms with E-state index in [4.69, 9.17) is 4.74 Å². The molecule has 1 N–H and O–H groups in total. The average Bonchev–Trinajstić information content (AvgIpc) is 2.81. The molecular formula is C24H18FN3O4. The van der Waals surface area contributed by atoms with Crippen molar-refractivity contribution in [1.29, 1.82) is 0 Å². The Morgan fingerprint density at radius 1 is 1.03 bits per heavy atom. The van der Waals surface area contributed by atoms with Crippen LogP contribution in [0.4, 0.5) is 10.1 Å². The number of pyridine rings is 2. The van der Waals surface area contributed by atoms with Gasteiger partial charge in [-0.2, -0.15) is 0 Å². The van der Waals surface area contributed by atoms with E-state index in [1.54, 1.807) is 42.5 Å². The van der Waals surface area contributed by atoms with E-state index < -0.39 is 23.3 Å². The highest BCUT2D eigenvalue weighted by Gasteiger charge is 2.20. The Morgan fingerprint density at radius 3 is 2.56 bits per heavy atom. The molecule has 0 radical (unpaired) electrons. The summed E-state index contributed by atoms with van der Waals surface area (Å²) in [7, 11) is 1.23. The lowest BCUT2D eigenvalue weighted by Crippen LogP contribution is -2.30. The number of aromatic nitrogens is 2. The summed E-state index contributed by atoms with van der Waals surface area (Å²) in [4.78, 5) is 42.5. The first kappa shape index (κ1) is 20.9. The second-order valence-electron chi connectivity index (χ2n) is 6.95. The lowest BCUT2D eigenvalue weighted by Gasteiger charge is -2.14. The van der Waals surface area contributed by atoms with Crippen molar-refractivity contribution in [2.24, 2.45) is 0 Å². The molecule has 0 saturated carbocycles. The monoisotopic (exact) mass is 431 g/mol. The summed E-state index contributed by atoms with van der Waals surface area (Å²) in [5, 5.41) is 3.14. The van der Waals surface area contributed by atoms with Gasteiger partial charge in [-0.15, -0.1) is 0 Å². The number of nitrogens with zero attached hydrogens (tertiary/aromatic N) is 2. The zero-order chi connectivity index (χ0) is 22.7. The normalized spacial score (nSPS) is 10.7. The van der Waals surface area contributed by atoms with Gasteiger partial charge < -0.3 is 10.1 Å². The number of halogens is 1. The van der Waals surface area contributed by atoms with Crippen LogP contribution in [-0.2, 0) is 11.3 Å². The maximum absolute atomic E-state index is 14.2. The summed E-state index contributed by atoms with van der Waals surface area (Å²) in [6, 6.07) is 17.2. The van der Waals surface area contributed by atoms with E-state index in [2.05, 4.69) is 10.3 Å². The third kappa shape index (κ3) is 3.98. The van der Waals surface area contributed by atoms with E-state index in [1.165, 1.54) is 42.1 Å². The Bertz CT molecular complexity index is 1400. The van der Waals surface area contributed by atoms with E-state index in [1.807, 2.05) is 0 Å². The SMILES string of the molecule is COC(=O)c1ccccc1NC(=O)c1cc2cccnc2n(Cc2ccccc2F)c1=O. The lowest BCUT2D eigenvalue weighted by molar-refractivity contribution is 0.0602. The van der Waals surface area contributed by atoms with Crippen LogP contribution in [0.2, 0.25) is 0 Å². The fraction of sp³-hybridized carbons (Fsp3) is 0.0833. The maximum Gasteiger partial charge on any atom is 0.339 e. The number of benzene rings is 2. The van der Waals surface area contributed by atoms with Gasteiger partial charge in [0.05, 0.1) is 24.9 Å². The molecule has 0 unspecified atom stereocenters. The molecule has 7 nitrogen and oxygen atoms in total. The van der Waals surface area contributed by atoms with E-state index in [-0.39, 0.29) is 28.9 Å². The fourth-order valence-electron chi connectivity index (χ4n) is 3.38. The van der Waals surface area contributed by atoms with Crippen molar-refractivity contribution in [1.82, 2.24) is 9.55 Å². The molecule has 160 valence electrons. The van der Waals surface area contributed by atoms with Gasteiger partial charge in [0, 0.05) is 17.1 Å². The summed E-state index contributed by atoms with van der Waals surface area (Å²) in [5.41, 5.74) is 0.171. The predicted octanol–water partition coefficient (Wildman–Crippen LogP) is 3.62. The largest absolute Gasteiger partial charge is 0.465 e. The summed E-state index contributed by atoms with van der Waals surface area (Å²) >= 11 is 0. The molecule has 0 fully saturated rings. The quantitative estimate of drug-likeness (QED) is 0.488. The van der Waals surface area contributed by atoms with Crippen molar-refractivity contribution >= 4 is 28.6 Å². The Labute approximate surface area is 182 Å². The molecule has 0 atom stereocenters. The molecule has 0 aliphatic heterocycles. The topological polar surface area (TPSA) is 90.3 Å². The van der Waals surface area contributed by atoms with Gasteiger partial charge in [0.1, 0.15) is 17.0 Å². The van der Waals surface area contributed by atoms with Crippen LogP contribution in [0.5, 0.6) is 0 Å². The van der Waals surface area contributed by atoms with Crippen LogP contribution in [0.3, 0.4) is 0 Å². The molecule has 0 spiro atoms. The Hall–Kier alpha value is -4.33. The molecule has 0 aliphatic rings. The maximum atomic E-state index is 14.2. The molecule has 2 heterocycles. The van der Waals surface area contributed by atoms with Crippen LogP contribution < -0.4 is 10.9 Å². The van der Waals surface area contributed by atoms with Crippen molar-refractivity contribution in [3.05, 3.63) is 106 Å². The number of para-hydroxylation sites is 1. The second kappa shape index (κ2) is 8.81. The zero-order valence-electron chi connectivity index (χ0n) is 17.0. The molecule has 0 aliphatic carbocycles. The number of rotatable bonds is 5. The van der Waals surface area contributed by atoms with E-state index in [0.29, 0.717) is 11.0 Å². The standard InChI is InChI=1S/C24H18FN3O4/c1-32-24(31)17-9-3-5-11-20(17)27-22(29)18-13-15-8-6-12-26-21(15)28(23(18)30)14-16-7-2-4-10-19(16)25/h2-13H,14H2,1H3,(H,27,29). The first-order valence-corrected chi connectivity index (χ1v) is 9.70. The number of esters is 1. The van der Waals surface area contributed by atoms with Crippen molar-refractivity contribution in [3.8, 4) is 0 Å². The molecule has 1 amide bonds. The van der Waals surface area contributed by atoms with Crippen molar-refractivity contribution in [2.75, 3.05) is 12.4 Å². The first-order chi connectivity index (χ1) is 15.5. The Balaban J connectivity index is 1.80. The minimum Gasteiger partial charge on any atom is -0.465 e. The molecule has 2 aromatic carbocycles. The smallest absolute Gasteiger partial charge is 0.339 e. The third-order valence-corrected chi connectivity index (χ3v) is 4.96. The number of hydrogen-bond donors (Lipinski definition) is 1. The molecule has 0 bridgehead atoms. The highest BCUT2D eigenvalue weighted by Crippen LogP contribution is 2.19. The number of anilines is 1. The fourth-order valence-corrected chi connectivity index (χ4v) is 3.38. The summed E-state index contributed by atoms with van der Waals surface area (Å²) in [6.07, 6.45) is 1.52. The second-order valence-corrected chi connectivity index (χ2v) is 6.95. The molecular weight excluding hydrogens is 413 g/mol. The molecule has 32 heavy (non-hydrogen) atoms. The van der Waals surface area contributed by atoms with Gasteiger partial charge in [-0.25, -0.2) is 14.2 Å². The van der Waals surface area contributed by atoms with Crippen LogP contribution in [0.1, 0.15) is 26.3 Å². The van der Waals surface area contributed by atoms with Gasteiger partial charge in [-0.1, -0.05) is 30.3 Å². The number of hydrogen-bond acceptors (Lipinski definition) is 5. The van der Waals surface area contributed by atoms with Crippen molar-refractivity contribution < 1.29 is 18.7 Å². The molecule has 4 rings (SSSR count). The minimum absolute atomic E-state index is 0.0983. The number of ether oxygens (including phenoxy) is 1. The number of fused-ring (bicyclic) bond motifs is 1. The molecule has 0 saturated heterocycles. The average molecular weight is 431 g/mol. The van der Waals surface area contributed by atoms with Crippen LogP contribution >= 0.6 is 0 Å². The first-order valence-electron chi connectivity index (χ1n) is 9.70. The number of carbonyl (C=O) groups is 2. The molecule has 8 heteroatoms. The number of methoxy groups -OCH3 is 1. The highest BCUT2D eigenvalue weighted by molar-refractivity contribution is 6.08. The van der Waals surface area contributed by atoms with Crippen molar-refractivity contribution in [3.63, 3.8) is 0 Å². The molecule has 4 aromatic rings. The van der Waals surface area contributed by atoms with Crippen LogP contribution in [0.25, 0.3) is 11.0 Å². The van der Waals surface area contributed by atoms with Crippen LogP contribution in [-0.4, -0.2) is 28.5 Å². The van der Waals surface area contributed by atoms with Crippen LogP contribution in [0, 0.1) is 5.82 Å². The zero-order valence-corrected chi connectivity index (χ0v) is 17.0. The van der Waals surface area contributed by atoms with Gasteiger partial charge in [0.25, 0.3) is 11.5 Å². The van der Waals surface area contributed by atoms with Crippen LogP contribution in [0.15, 0.2) is 77.7 Å². The number of amides is 1.